The number of carbonyl (C=O) groups excluding carboxylic acids is 1. The van der Waals surface area contributed by atoms with Crippen LogP contribution < -0.4 is 4.74 Å². The van der Waals surface area contributed by atoms with Crippen molar-refractivity contribution in [2.75, 3.05) is 33.0 Å². The number of rotatable bonds is 19. The van der Waals surface area contributed by atoms with Gasteiger partial charge >= 0.3 is 5.97 Å². The van der Waals surface area contributed by atoms with E-state index in [9.17, 15) is 4.79 Å². The Morgan fingerprint density at radius 1 is 0.933 bits per heavy atom. The largest absolute Gasteiger partial charge is 0.491 e. The van der Waals surface area contributed by atoms with Crippen LogP contribution in [0.15, 0.2) is 42.5 Å². The maximum Gasteiger partial charge on any atom is 0.333 e. The normalized spacial score (nSPS) is 11.8. The molecule has 5 heteroatoms. The molecule has 30 heavy (non-hydrogen) atoms. The van der Waals surface area contributed by atoms with E-state index in [1.165, 1.54) is 38.5 Å². The first-order valence-corrected chi connectivity index (χ1v) is 11.3. The number of esters is 1. The number of para-hydroxylation sites is 1. The van der Waals surface area contributed by atoms with E-state index >= 15 is 0 Å². The van der Waals surface area contributed by atoms with Gasteiger partial charge in [0.05, 0.1) is 25.9 Å². The molecule has 1 aromatic rings. The molecule has 0 aliphatic rings. The number of hydrogen-bond donors (Lipinski definition) is 0. The second kappa shape index (κ2) is 18.0. The van der Waals surface area contributed by atoms with Gasteiger partial charge in [0.15, 0.2) is 0 Å². The van der Waals surface area contributed by atoms with Gasteiger partial charge < -0.3 is 18.9 Å². The molecule has 0 spiro atoms. The summed E-state index contributed by atoms with van der Waals surface area (Å²) in [5, 5.41) is 0. The van der Waals surface area contributed by atoms with Crippen molar-refractivity contribution in [1.29, 1.82) is 0 Å². The average Bonchev–Trinajstić information content (AvgIpc) is 2.75. The third-order valence-electron chi connectivity index (χ3n) is 4.70. The van der Waals surface area contributed by atoms with E-state index in [0.717, 1.165) is 18.6 Å². The molecular weight excluding hydrogens is 380 g/mol. The highest BCUT2D eigenvalue weighted by Crippen LogP contribution is 2.12. The van der Waals surface area contributed by atoms with Crippen LogP contribution in [0, 0.1) is 0 Å². The van der Waals surface area contributed by atoms with Crippen molar-refractivity contribution in [2.45, 2.75) is 71.3 Å². The molecule has 0 aliphatic carbocycles. The Balaban J connectivity index is 2.16. The van der Waals surface area contributed by atoms with Crippen LogP contribution in [0.25, 0.3) is 0 Å². The average molecular weight is 421 g/mol. The molecule has 170 valence electrons. The Morgan fingerprint density at radius 2 is 1.60 bits per heavy atom. The molecule has 1 unspecified atom stereocenters. The molecule has 5 nitrogen and oxygen atoms in total. The zero-order valence-electron chi connectivity index (χ0n) is 18.9. The number of ether oxygens (including phenoxy) is 4. The zero-order valence-corrected chi connectivity index (χ0v) is 18.9. The molecule has 0 saturated carbocycles. The highest BCUT2D eigenvalue weighted by atomic mass is 16.6. The Morgan fingerprint density at radius 3 is 2.30 bits per heavy atom. The Hall–Kier alpha value is -1.85. The van der Waals surface area contributed by atoms with Gasteiger partial charge in [-0.05, 0) is 25.5 Å². The monoisotopic (exact) mass is 420 g/mol. The number of hydrogen-bond acceptors (Lipinski definition) is 5. The minimum absolute atomic E-state index is 0.104. The molecule has 1 aromatic carbocycles. The Labute approximate surface area is 182 Å². The fourth-order valence-corrected chi connectivity index (χ4v) is 2.95. The zero-order chi connectivity index (χ0) is 21.9. The van der Waals surface area contributed by atoms with Crippen LogP contribution in [0.4, 0.5) is 0 Å². The molecule has 0 aromatic heterocycles. The number of carbonyl (C=O) groups is 1. The van der Waals surface area contributed by atoms with Gasteiger partial charge in [-0.15, -0.1) is 0 Å². The van der Waals surface area contributed by atoms with Crippen molar-refractivity contribution in [3.8, 4) is 5.75 Å². The fourth-order valence-electron chi connectivity index (χ4n) is 2.95. The number of unbranched alkanes of at least 4 members (excludes halogenated alkanes) is 6. The molecule has 1 atom stereocenters. The standard InChI is InChI=1S/C25H40O5/c1-4-5-6-7-8-9-11-16-24(21-30-25(26)22(2)3)29-20-18-27-17-19-28-23-14-12-10-13-15-23/h10,12-15,24H,2,4-9,11,16-21H2,1,3H3. The lowest BCUT2D eigenvalue weighted by Gasteiger charge is -2.18. The summed E-state index contributed by atoms with van der Waals surface area (Å²) < 4.78 is 22.4. The van der Waals surface area contributed by atoms with E-state index in [1.807, 2.05) is 30.3 Å². The van der Waals surface area contributed by atoms with Crippen molar-refractivity contribution >= 4 is 5.97 Å². The summed E-state index contributed by atoms with van der Waals surface area (Å²) in [5.41, 5.74) is 0.409. The molecule has 0 radical (unpaired) electrons. The third kappa shape index (κ3) is 14.2. The molecule has 0 bridgehead atoms. The smallest absolute Gasteiger partial charge is 0.333 e. The van der Waals surface area contributed by atoms with Crippen molar-refractivity contribution in [1.82, 2.24) is 0 Å². The maximum atomic E-state index is 11.7. The molecule has 0 heterocycles. The van der Waals surface area contributed by atoms with E-state index in [2.05, 4.69) is 13.5 Å². The summed E-state index contributed by atoms with van der Waals surface area (Å²) in [6.07, 6.45) is 9.49. The predicted molar refractivity (Wildman–Crippen MR) is 121 cm³/mol. The lowest BCUT2D eigenvalue weighted by Crippen LogP contribution is -2.24. The molecule has 0 fully saturated rings. The maximum absolute atomic E-state index is 11.7. The lowest BCUT2D eigenvalue weighted by atomic mass is 10.1. The molecule has 0 amide bonds. The van der Waals surface area contributed by atoms with E-state index in [4.69, 9.17) is 18.9 Å². The van der Waals surface area contributed by atoms with E-state index in [-0.39, 0.29) is 18.7 Å². The highest BCUT2D eigenvalue weighted by Gasteiger charge is 2.13. The summed E-state index contributed by atoms with van der Waals surface area (Å²) in [5.74, 6) is 0.476. The van der Waals surface area contributed by atoms with Crippen LogP contribution in [0.2, 0.25) is 0 Å². The van der Waals surface area contributed by atoms with Gasteiger partial charge in [-0.3, -0.25) is 0 Å². The summed E-state index contributed by atoms with van der Waals surface area (Å²) in [4.78, 5) is 11.7. The second-order valence-electron chi connectivity index (χ2n) is 7.56. The summed E-state index contributed by atoms with van der Waals surface area (Å²) in [6.45, 7) is 9.73. The van der Waals surface area contributed by atoms with Crippen LogP contribution in [-0.4, -0.2) is 45.1 Å². The predicted octanol–water partition coefficient (Wildman–Crippen LogP) is 5.73. The van der Waals surface area contributed by atoms with Crippen molar-refractivity contribution < 1.29 is 23.7 Å². The minimum Gasteiger partial charge on any atom is -0.491 e. The van der Waals surface area contributed by atoms with E-state index < -0.39 is 0 Å². The van der Waals surface area contributed by atoms with E-state index in [0.29, 0.717) is 32.0 Å². The summed E-state index contributed by atoms with van der Waals surface area (Å²) in [7, 11) is 0. The van der Waals surface area contributed by atoms with Gasteiger partial charge in [-0.25, -0.2) is 4.79 Å². The Bertz CT molecular complexity index is 558. The summed E-state index contributed by atoms with van der Waals surface area (Å²) in [6, 6.07) is 9.68. The first-order chi connectivity index (χ1) is 14.6. The molecule has 0 aliphatic heterocycles. The Kier molecular flexibility index (Phi) is 15.7. The van der Waals surface area contributed by atoms with Crippen LogP contribution in [-0.2, 0) is 19.0 Å². The van der Waals surface area contributed by atoms with Gasteiger partial charge in [0.2, 0.25) is 0 Å². The van der Waals surface area contributed by atoms with Gasteiger partial charge in [0.25, 0.3) is 0 Å². The molecule has 0 N–H and O–H groups in total. The lowest BCUT2D eigenvalue weighted by molar-refractivity contribution is -0.143. The van der Waals surface area contributed by atoms with Crippen molar-refractivity contribution in [3.63, 3.8) is 0 Å². The van der Waals surface area contributed by atoms with Gasteiger partial charge in [0, 0.05) is 5.57 Å². The van der Waals surface area contributed by atoms with Crippen LogP contribution in [0.5, 0.6) is 5.75 Å². The molecule has 1 rings (SSSR count). The van der Waals surface area contributed by atoms with Gasteiger partial charge in [0.1, 0.15) is 19.0 Å². The van der Waals surface area contributed by atoms with Gasteiger partial charge in [-0.1, -0.05) is 76.6 Å². The molecule has 0 saturated heterocycles. The number of benzene rings is 1. The first-order valence-electron chi connectivity index (χ1n) is 11.3. The fraction of sp³-hybridized carbons (Fsp3) is 0.640. The first kappa shape index (κ1) is 26.2. The molecular formula is C25H40O5. The van der Waals surface area contributed by atoms with Gasteiger partial charge in [-0.2, -0.15) is 0 Å². The van der Waals surface area contributed by atoms with Crippen LogP contribution in [0.3, 0.4) is 0 Å². The quantitative estimate of drug-likeness (QED) is 0.163. The van der Waals surface area contributed by atoms with E-state index in [1.54, 1.807) is 6.92 Å². The van der Waals surface area contributed by atoms with Crippen LogP contribution >= 0.6 is 0 Å². The van der Waals surface area contributed by atoms with Crippen molar-refractivity contribution in [2.24, 2.45) is 0 Å². The minimum atomic E-state index is -0.363. The SMILES string of the molecule is C=C(C)C(=O)OCC(CCCCCCCCC)OCCOCCOc1ccccc1. The second-order valence-corrected chi connectivity index (χ2v) is 7.56. The topological polar surface area (TPSA) is 54.0 Å². The summed E-state index contributed by atoms with van der Waals surface area (Å²) >= 11 is 0. The third-order valence-corrected chi connectivity index (χ3v) is 4.70. The van der Waals surface area contributed by atoms with Crippen molar-refractivity contribution in [3.05, 3.63) is 42.5 Å². The van der Waals surface area contributed by atoms with Crippen LogP contribution in [0.1, 0.15) is 65.2 Å². The highest BCUT2D eigenvalue weighted by molar-refractivity contribution is 5.86.